The first-order valence-electron chi connectivity index (χ1n) is 4.68. The largest absolute Gasteiger partial charge is 0.0933 e. The molecular weight excluding hydrogens is 163 g/mol. The van der Waals surface area contributed by atoms with Gasteiger partial charge in [-0.05, 0) is 36.3 Å². The van der Waals surface area contributed by atoms with Crippen molar-refractivity contribution in [2.75, 3.05) is 6.66 Å². The van der Waals surface area contributed by atoms with E-state index in [0.29, 0.717) is 0 Å². The van der Waals surface area contributed by atoms with E-state index < -0.39 is 0 Å². The van der Waals surface area contributed by atoms with Crippen molar-refractivity contribution < 1.29 is 0 Å². The van der Waals surface area contributed by atoms with Gasteiger partial charge < -0.3 is 0 Å². The molecule has 1 aromatic rings. The molecule has 2 rings (SSSR count). The summed E-state index contributed by atoms with van der Waals surface area (Å²) in [4.78, 5) is 0. The Balaban J connectivity index is 2.27. The van der Waals surface area contributed by atoms with Crippen molar-refractivity contribution in [1.29, 1.82) is 0 Å². The molecule has 0 heterocycles. The van der Waals surface area contributed by atoms with Crippen molar-refractivity contribution in [2.24, 2.45) is 0 Å². The van der Waals surface area contributed by atoms with Gasteiger partial charge in [0.1, 0.15) is 0 Å². The van der Waals surface area contributed by atoms with Crippen LogP contribution >= 0.6 is 8.58 Å². The molecule has 0 spiro atoms. The van der Waals surface area contributed by atoms with Gasteiger partial charge in [-0.25, -0.2) is 0 Å². The van der Waals surface area contributed by atoms with Crippen LogP contribution in [0.4, 0.5) is 0 Å². The van der Waals surface area contributed by atoms with Gasteiger partial charge in [0.15, 0.2) is 0 Å². The predicted molar refractivity (Wildman–Crippen MR) is 56.9 cm³/mol. The topological polar surface area (TPSA) is 0 Å². The second-order valence-electron chi connectivity index (χ2n) is 3.47. The summed E-state index contributed by atoms with van der Waals surface area (Å²) in [5.74, 6) is 0.897. The summed E-state index contributed by atoms with van der Waals surface area (Å²) in [5, 5.41) is 1.59. The van der Waals surface area contributed by atoms with Crippen molar-refractivity contribution >= 4 is 13.9 Å². The van der Waals surface area contributed by atoms with Crippen LogP contribution in [0.25, 0.3) is 0 Å². The van der Waals surface area contributed by atoms with Crippen LogP contribution in [0.1, 0.15) is 30.7 Å². The van der Waals surface area contributed by atoms with Crippen LogP contribution in [0.2, 0.25) is 0 Å². The summed E-state index contributed by atoms with van der Waals surface area (Å²) < 4.78 is 0. The van der Waals surface area contributed by atoms with Crippen molar-refractivity contribution in [1.82, 2.24) is 0 Å². The molecule has 0 radical (unpaired) electrons. The van der Waals surface area contributed by atoms with Gasteiger partial charge in [0.05, 0.1) is 0 Å². The molecule has 0 aliphatic heterocycles. The van der Waals surface area contributed by atoms with E-state index in [0.717, 1.165) is 14.5 Å². The highest BCUT2D eigenvalue weighted by Gasteiger charge is 2.20. The van der Waals surface area contributed by atoms with Crippen molar-refractivity contribution in [3.63, 3.8) is 0 Å². The van der Waals surface area contributed by atoms with Crippen LogP contribution in [0.15, 0.2) is 24.3 Å². The molecule has 1 atom stereocenters. The zero-order chi connectivity index (χ0) is 8.39. The minimum atomic E-state index is 0.897. The van der Waals surface area contributed by atoms with E-state index in [4.69, 9.17) is 0 Å². The molecule has 0 amide bonds. The Morgan fingerprint density at radius 3 is 2.58 bits per heavy atom. The summed E-state index contributed by atoms with van der Waals surface area (Å²) >= 11 is 0. The third-order valence-electron chi connectivity index (χ3n) is 2.78. The van der Waals surface area contributed by atoms with Crippen molar-refractivity contribution in [3.05, 3.63) is 29.8 Å². The minimum absolute atomic E-state index is 0.897. The van der Waals surface area contributed by atoms with E-state index >= 15 is 0 Å². The van der Waals surface area contributed by atoms with Crippen molar-refractivity contribution in [3.8, 4) is 0 Å². The summed E-state index contributed by atoms with van der Waals surface area (Å²) in [5.41, 5.74) is 1.63. The molecule has 1 aromatic carbocycles. The molecule has 0 saturated heterocycles. The van der Waals surface area contributed by atoms with E-state index in [-0.39, 0.29) is 0 Å². The van der Waals surface area contributed by atoms with E-state index in [1.165, 1.54) is 19.3 Å². The van der Waals surface area contributed by atoms with E-state index in [1.807, 2.05) is 0 Å². The lowest BCUT2D eigenvalue weighted by Crippen LogP contribution is -2.15. The first-order chi connectivity index (χ1) is 5.92. The van der Waals surface area contributed by atoms with Gasteiger partial charge in [0, 0.05) is 0 Å². The van der Waals surface area contributed by atoms with E-state index in [1.54, 1.807) is 10.9 Å². The van der Waals surface area contributed by atoms with E-state index in [9.17, 15) is 0 Å². The molecule has 1 fully saturated rings. The fourth-order valence-electron chi connectivity index (χ4n) is 1.80. The lowest BCUT2D eigenvalue weighted by Gasteiger charge is -2.27. The normalized spacial score (nSPS) is 18.4. The number of rotatable bonds is 2. The third kappa shape index (κ3) is 1.41. The Labute approximate surface area is 76.2 Å². The number of benzene rings is 1. The maximum absolute atomic E-state index is 2.32. The second kappa shape index (κ2) is 3.58. The quantitative estimate of drug-likeness (QED) is 0.611. The first kappa shape index (κ1) is 8.26. The summed E-state index contributed by atoms with van der Waals surface area (Å²) in [7, 11) is 0.959. The molecule has 1 aliphatic carbocycles. The maximum atomic E-state index is 2.32. The molecule has 0 nitrogen and oxygen atoms in total. The Morgan fingerprint density at radius 1 is 1.25 bits per heavy atom. The van der Waals surface area contributed by atoms with Crippen LogP contribution < -0.4 is 5.30 Å². The van der Waals surface area contributed by atoms with Gasteiger partial charge in [-0.3, -0.25) is 0 Å². The van der Waals surface area contributed by atoms with Crippen LogP contribution in [-0.2, 0) is 0 Å². The van der Waals surface area contributed by atoms with Gasteiger partial charge in [-0.15, -0.1) is 0 Å². The molecule has 0 N–H and O–H groups in total. The highest BCUT2D eigenvalue weighted by atomic mass is 31.1. The summed E-state index contributed by atoms with van der Waals surface area (Å²) in [6, 6.07) is 8.94. The van der Waals surface area contributed by atoms with Gasteiger partial charge in [0.25, 0.3) is 0 Å². The highest BCUT2D eigenvalue weighted by Crippen LogP contribution is 2.36. The SMILES string of the molecule is CPc1ccccc1C1CCC1. The van der Waals surface area contributed by atoms with Crippen LogP contribution in [-0.4, -0.2) is 6.66 Å². The smallest absolute Gasteiger partial charge is 0.0156 e. The Bertz CT molecular complexity index is 263. The van der Waals surface area contributed by atoms with Gasteiger partial charge in [0.2, 0.25) is 0 Å². The lowest BCUT2D eigenvalue weighted by molar-refractivity contribution is 0.421. The second-order valence-corrected chi connectivity index (χ2v) is 4.50. The molecule has 1 aliphatic rings. The first-order valence-corrected chi connectivity index (χ1v) is 6.18. The molecule has 1 heteroatoms. The van der Waals surface area contributed by atoms with Crippen molar-refractivity contribution in [2.45, 2.75) is 25.2 Å². The maximum Gasteiger partial charge on any atom is -0.0156 e. The Morgan fingerprint density at radius 2 is 2.00 bits per heavy atom. The molecule has 64 valence electrons. The van der Waals surface area contributed by atoms with Crippen LogP contribution in [0, 0.1) is 0 Å². The monoisotopic (exact) mass is 178 g/mol. The van der Waals surface area contributed by atoms with Gasteiger partial charge in [-0.1, -0.05) is 39.3 Å². The third-order valence-corrected chi connectivity index (χ3v) is 3.77. The van der Waals surface area contributed by atoms with Crippen LogP contribution in [0.5, 0.6) is 0 Å². The molecule has 1 unspecified atom stereocenters. The molecule has 0 bridgehead atoms. The molecule has 1 saturated carbocycles. The minimum Gasteiger partial charge on any atom is -0.0933 e. The highest BCUT2D eigenvalue weighted by molar-refractivity contribution is 7.46. The predicted octanol–water partition coefficient (Wildman–Crippen LogP) is 2.89. The van der Waals surface area contributed by atoms with E-state index in [2.05, 4.69) is 30.9 Å². The average Bonchev–Trinajstić information content (AvgIpc) is 2.02. The lowest BCUT2D eigenvalue weighted by atomic mass is 9.80. The number of hydrogen-bond acceptors (Lipinski definition) is 0. The summed E-state index contributed by atoms with van der Waals surface area (Å²) in [6.07, 6.45) is 4.27. The van der Waals surface area contributed by atoms with Gasteiger partial charge >= 0.3 is 0 Å². The van der Waals surface area contributed by atoms with Gasteiger partial charge in [-0.2, -0.15) is 0 Å². The summed E-state index contributed by atoms with van der Waals surface area (Å²) in [6.45, 7) is 2.28. The zero-order valence-corrected chi connectivity index (χ0v) is 8.51. The molecule has 0 aromatic heterocycles. The average molecular weight is 178 g/mol. The fraction of sp³-hybridized carbons (Fsp3) is 0.455. The van der Waals surface area contributed by atoms with Crippen LogP contribution in [0.3, 0.4) is 0 Å². The Hall–Kier alpha value is -0.350. The fourth-order valence-corrected chi connectivity index (χ4v) is 2.64. The number of hydrogen-bond donors (Lipinski definition) is 0. The molecular formula is C11H15P. The molecule has 12 heavy (non-hydrogen) atoms. The standard InChI is InChI=1S/C11H15P/c1-12-11-8-3-2-7-10(11)9-5-4-6-9/h2-3,7-9,12H,4-6H2,1H3. The zero-order valence-electron chi connectivity index (χ0n) is 7.51. The Kier molecular flexibility index (Phi) is 2.46.